The summed E-state index contributed by atoms with van der Waals surface area (Å²) in [5.41, 5.74) is 1.36. The molecule has 2 N–H and O–H groups in total. The average Bonchev–Trinajstić information content (AvgIpc) is 3.07. The van der Waals surface area contributed by atoms with Crippen LogP contribution in [0.25, 0.3) is 0 Å². The quantitative estimate of drug-likeness (QED) is 0.724. The first-order valence-corrected chi connectivity index (χ1v) is 7.22. The zero-order valence-electron chi connectivity index (χ0n) is 12.0. The lowest BCUT2D eigenvalue weighted by atomic mass is 10.2. The molecule has 0 spiro atoms. The molecule has 0 atom stereocenters. The molecule has 6 nitrogen and oxygen atoms in total. The Kier molecular flexibility index (Phi) is 4.68. The minimum atomic E-state index is -0.376. The summed E-state index contributed by atoms with van der Waals surface area (Å²) in [6.45, 7) is 0.630. The van der Waals surface area contributed by atoms with Gasteiger partial charge in [0.15, 0.2) is 0 Å². The molecule has 0 radical (unpaired) electrons. The fraction of sp³-hybridized carbons (Fsp3) is 0.133. The van der Waals surface area contributed by atoms with Gasteiger partial charge in [-0.25, -0.2) is 4.39 Å². The van der Waals surface area contributed by atoms with E-state index >= 15 is 0 Å². The molecular weight excluding hydrogens is 321 g/mol. The smallest absolute Gasteiger partial charge is 0.263 e. The number of rotatable bonds is 6. The highest BCUT2D eigenvalue weighted by Crippen LogP contribution is 2.21. The SMILES string of the molecule is Fc1cccc(Cl)c1COc1ccc(CNc2nn[nH]n2)cc1. The van der Waals surface area contributed by atoms with Crippen molar-refractivity contribution in [2.45, 2.75) is 13.2 Å². The van der Waals surface area contributed by atoms with Gasteiger partial charge in [0, 0.05) is 12.1 Å². The van der Waals surface area contributed by atoms with Crippen molar-refractivity contribution in [3.8, 4) is 5.75 Å². The summed E-state index contributed by atoms with van der Waals surface area (Å²) in [4.78, 5) is 0. The highest BCUT2D eigenvalue weighted by Gasteiger charge is 2.07. The maximum Gasteiger partial charge on any atom is 0.263 e. The molecule has 8 heteroatoms. The van der Waals surface area contributed by atoms with Gasteiger partial charge in [0.1, 0.15) is 18.2 Å². The van der Waals surface area contributed by atoms with E-state index in [-0.39, 0.29) is 12.4 Å². The van der Waals surface area contributed by atoms with Gasteiger partial charge in [0.2, 0.25) is 0 Å². The third-order valence-electron chi connectivity index (χ3n) is 3.16. The first-order chi connectivity index (χ1) is 11.2. The van der Waals surface area contributed by atoms with Crippen molar-refractivity contribution < 1.29 is 9.13 Å². The summed E-state index contributed by atoms with van der Waals surface area (Å²) in [5, 5.41) is 16.8. The highest BCUT2D eigenvalue weighted by atomic mass is 35.5. The minimum Gasteiger partial charge on any atom is -0.489 e. The topological polar surface area (TPSA) is 75.7 Å². The Morgan fingerprint density at radius 1 is 1.17 bits per heavy atom. The van der Waals surface area contributed by atoms with E-state index in [4.69, 9.17) is 16.3 Å². The fourth-order valence-electron chi connectivity index (χ4n) is 1.95. The van der Waals surface area contributed by atoms with E-state index in [0.717, 1.165) is 5.56 Å². The average molecular weight is 334 g/mol. The van der Waals surface area contributed by atoms with Crippen LogP contribution >= 0.6 is 11.6 Å². The summed E-state index contributed by atoms with van der Waals surface area (Å²) in [6.07, 6.45) is 0. The summed E-state index contributed by atoms with van der Waals surface area (Å²) in [7, 11) is 0. The highest BCUT2D eigenvalue weighted by molar-refractivity contribution is 6.31. The second-order valence-corrected chi connectivity index (χ2v) is 5.13. The number of hydrogen-bond acceptors (Lipinski definition) is 5. The number of tetrazole rings is 1. The monoisotopic (exact) mass is 333 g/mol. The number of anilines is 1. The second kappa shape index (κ2) is 7.06. The third-order valence-corrected chi connectivity index (χ3v) is 3.52. The molecule has 0 saturated heterocycles. The van der Waals surface area contributed by atoms with Crippen LogP contribution in [-0.2, 0) is 13.2 Å². The van der Waals surface area contributed by atoms with Crippen LogP contribution < -0.4 is 10.1 Å². The number of hydrogen-bond donors (Lipinski definition) is 2. The normalized spacial score (nSPS) is 10.5. The minimum absolute atomic E-state index is 0.0754. The van der Waals surface area contributed by atoms with Crippen LogP contribution in [0, 0.1) is 5.82 Å². The number of nitrogens with zero attached hydrogens (tertiary/aromatic N) is 3. The van der Waals surface area contributed by atoms with Crippen LogP contribution in [0.2, 0.25) is 5.02 Å². The molecule has 3 aromatic rings. The molecule has 0 amide bonds. The van der Waals surface area contributed by atoms with Crippen molar-refractivity contribution in [3.05, 3.63) is 64.4 Å². The van der Waals surface area contributed by atoms with Gasteiger partial charge in [-0.3, -0.25) is 0 Å². The lowest BCUT2D eigenvalue weighted by Crippen LogP contribution is -2.02. The molecule has 0 unspecified atom stereocenters. The van der Waals surface area contributed by atoms with Gasteiger partial charge in [-0.05, 0) is 35.0 Å². The lowest BCUT2D eigenvalue weighted by Gasteiger charge is -2.09. The van der Waals surface area contributed by atoms with Crippen LogP contribution in [0.1, 0.15) is 11.1 Å². The lowest BCUT2D eigenvalue weighted by molar-refractivity contribution is 0.300. The van der Waals surface area contributed by atoms with E-state index in [9.17, 15) is 4.39 Å². The van der Waals surface area contributed by atoms with Crippen molar-refractivity contribution in [3.63, 3.8) is 0 Å². The molecule has 2 aromatic carbocycles. The predicted molar refractivity (Wildman–Crippen MR) is 83.7 cm³/mol. The Labute approximate surface area is 136 Å². The molecule has 0 aliphatic rings. The summed E-state index contributed by atoms with van der Waals surface area (Å²) < 4.78 is 19.2. The maximum absolute atomic E-state index is 13.7. The van der Waals surface area contributed by atoms with Crippen LogP contribution in [0.15, 0.2) is 42.5 Å². The standard InChI is InChI=1S/C15H13ClFN5O/c16-13-2-1-3-14(17)12(13)9-23-11-6-4-10(5-7-11)8-18-15-19-21-22-20-15/h1-7H,8-9H2,(H2,18,19,20,21,22). The largest absolute Gasteiger partial charge is 0.489 e. The van der Waals surface area contributed by atoms with Crippen molar-refractivity contribution in [2.75, 3.05) is 5.32 Å². The molecule has 0 fully saturated rings. The van der Waals surface area contributed by atoms with Crippen LogP contribution in [0.3, 0.4) is 0 Å². The van der Waals surface area contributed by atoms with Crippen molar-refractivity contribution in [1.82, 2.24) is 20.6 Å². The molecule has 1 aromatic heterocycles. The maximum atomic E-state index is 13.7. The molecule has 0 saturated carbocycles. The fourth-order valence-corrected chi connectivity index (χ4v) is 2.16. The van der Waals surface area contributed by atoms with Crippen molar-refractivity contribution in [1.29, 1.82) is 0 Å². The molecule has 1 heterocycles. The van der Waals surface area contributed by atoms with Gasteiger partial charge in [0.25, 0.3) is 5.95 Å². The van der Waals surface area contributed by atoms with Crippen LogP contribution in [0.5, 0.6) is 5.75 Å². The van der Waals surface area contributed by atoms with Gasteiger partial charge < -0.3 is 10.1 Å². The molecule has 23 heavy (non-hydrogen) atoms. The van der Waals surface area contributed by atoms with Crippen LogP contribution in [-0.4, -0.2) is 20.6 Å². The number of aromatic nitrogens is 4. The second-order valence-electron chi connectivity index (χ2n) is 4.72. The van der Waals surface area contributed by atoms with Gasteiger partial charge in [0.05, 0.1) is 5.02 Å². The van der Waals surface area contributed by atoms with E-state index in [1.54, 1.807) is 12.1 Å². The molecular formula is C15H13ClFN5O. The zero-order valence-corrected chi connectivity index (χ0v) is 12.7. The predicted octanol–water partition coefficient (Wildman–Crippen LogP) is 3.18. The number of halogens is 2. The summed E-state index contributed by atoms with van der Waals surface area (Å²) >= 11 is 5.96. The number of H-pyrrole nitrogens is 1. The molecule has 0 aliphatic carbocycles. The number of benzene rings is 2. The number of nitrogens with one attached hydrogen (secondary N) is 2. The van der Waals surface area contributed by atoms with E-state index in [1.807, 2.05) is 24.3 Å². The van der Waals surface area contributed by atoms with Crippen LogP contribution in [0.4, 0.5) is 10.3 Å². The Morgan fingerprint density at radius 3 is 2.70 bits per heavy atom. The first kappa shape index (κ1) is 15.2. The van der Waals surface area contributed by atoms with Crippen molar-refractivity contribution >= 4 is 17.5 Å². The van der Waals surface area contributed by atoms with Gasteiger partial charge in [-0.1, -0.05) is 34.9 Å². The van der Waals surface area contributed by atoms with Gasteiger partial charge in [-0.2, -0.15) is 5.21 Å². The van der Waals surface area contributed by atoms with E-state index in [1.165, 1.54) is 6.07 Å². The summed E-state index contributed by atoms with van der Waals surface area (Å²) in [6, 6.07) is 12.0. The molecule has 3 rings (SSSR count). The van der Waals surface area contributed by atoms with Crippen molar-refractivity contribution in [2.24, 2.45) is 0 Å². The third kappa shape index (κ3) is 3.95. The van der Waals surface area contributed by atoms with E-state index < -0.39 is 0 Å². The molecule has 0 aliphatic heterocycles. The number of aromatic amines is 1. The Bertz CT molecular complexity index is 744. The Hall–Kier alpha value is -2.67. The van der Waals surface area contributed by atoms with E-state index in [0.29, 0.717) is 28.8 Å². The van der Waals surface area contributed by atoms with Gasteiger partial charge >= 0.3 is 0 Å². The zero-order chi connectivity index (χ0) is 16.1. The Balaban J connectivity index is 1.57. The number of ether oxygens (including phenoxy) is 1. The first-order valence-electron chi connectivity index (χ1n) is 6.84. The molecule has 0 bridgehead atoms. The summed E-state index contributed by atoms with van der Waals surface area (Å²) in [5.74, 6) is 0.686. The Morgan fingerprint density at radius 2 is 2.00 bits per heavy atom. The van der Waals surface area contributed by atoms with E-state index in [2.05, 4.69) is 25.9 Å². The van der Waals surface area contributed by atoms with Gasteiger partial charge in [-0.15, -0.1) is 5.10 Å². The molecule has 118 valence electrons.